The molecule has 2 N–H and O–H groups in total. The van der Waals surface area contributed by atoms with Crippen LogP contribution in [0.15, 0.2) is 18.2 Å². The molecule has 0 radical (unpaired) electrons. The molecule has 12 heavy (non-hydrogen) atoms. The van der Waals surface area contributed by atoms with Crippen molar-refractivity contribution >= 4 is 0 Å². The van der Waals surface area contributed by atoms with Crippen LogP contribution in [0, 0.1) is 6.92 Å². The zero-order valence-corrected chi connectivity index (χ0v) is 7.29. The van der Waals surface area contributed by atoms with Crippen molar-refractivity contribution in [1.82, 2.24) is 5.48 Å². The maximum atomic E-state index is 9.37. The zero-order chi connectivity index (χ0) is 8.97. The Balaban J connectivity index is 2.75. The summed E-state index contributed by atoms with van der Waals surface area (Å²) in [5.74, 6) is 0.296. The van der Waals surface area contributed by atoms with Crippen LogP contribution >= 0.6 is 0 Å². The SMILES string of the molecule is CONCc1cc(C)ccc1O. The number of hydroxylamine groups is 1. The highest BCUT2D eigenvalue weighted by molar-refractivity contribution is 5.35. The number of phenolic OH excluding ortho intramolecular Hbond substituents is 1. The van der Waals surface area contributed by atoms with Gasteiger partial charge in [-0.3, -0.25) is 0 Å². The van der Waals surface area contributed by atoms with Gasteiger partial charge >= 0.3 is 0 Å². The monoisotopic (exact) mass is 167 g/mol. The van der Waals surface area contributed by atoms with Crippen molar-refractivity contribution < 1.29 is 9.94 Å². The second-order valence-electron chi connectivity index (χ2n) is 2.66. The van der Waals surface area contributed by atoms with Gasteiger partial charge in [-0.15, -0.1) is 0 Å². The molecule has 0 aliphatic rings. The summed E-state index contributed by atoms with van der Waals surface area (Å²) in [6, 6.07) is 5.47. The molecule has 0 saturated carbocycles. The minimum atomic E-state index is 0.296. The molecule has 0 aromatic heterocycles. The third-order valence-electron chi connectivity index (χ3n) is 1.64. The van der Waals surface area contributed by atoms with Crippen LogP contribution in [-0.4, -0.2) is 12.2 Å². The van der Waals surface area contributed by atoms with E-state index in [-0.39, 0.29) is 0 Å². The fourth-order valence-corrected chi connectivity index (χ4v) is 1.01. The molecular formula is C9H13NO2. The van der Waals surface area contributed by atoms with E-state index in [1.54, 1.807) is 13.2 Å². The van der Waals surface area contributed by atoms with Crippen LogP contribution < -0.4 is 5.48 Å². The van der Waals surface area contributed by atoms with E-state index in [1.807, 2.05) is 19.1 Å². The summed E-state index contributed by atoms with van der Waals surface area (Å²) in [4.78, 5) is 4.68. The summed E-state index contributed by atoms with van der Waals surface area (Å²) in [7, 11) is 1.55. The van der Waals surface area contributed by atoms with Crippen molar-refractivity contribution in [2.45, 2.75) is 13.5 Å². The Morgan fingerprint density at radius 1 is 1.50 bits per heavy atom. The predicted molar refractivity (Wildman–Crippen MR) is 46.7 cm³/mol. The molecule has 1 rings (SSSR count). The first-order valence-corrected chi connectivity index (χ1v) is 3.78. The normalized spacial score (nSPS) is 10.2. The van der Waals surface area contributed by atoms with Gasteiger partial charge in [0.1, 0.15) is 5.75 Å². The highest BCUT2D eigenvalue weighted by atomic mass is 16.6. The van der Waals surface area contributed by atoms with E-state index in [0.29, 0.717) is 12.3 Å². The van der Waals surface area contributed by atoms with Gasteiger partial charge in [-0.05, 0) is 13.0 Å². The summed E-state index contributed by atoms with van der Waals surface area (Å²) in [6.45, 7) is 2.50. The Morgan fingerprint density at radius 2 is 2.25 bits per heavy atom. The van der Waals surface area contributed by atoms with Crippen molar-refractivity contribution in [2.75, 3.05) is 7.11 Å². The maximum Gasteiger partial charge on any atom is 0.120 e. The van der Waals surface area contributed by atoms with Gasteiger partial charge in [-0.2, -0.15) is 5.48 Å². The molecular weight excluding hydrogens is 154 g/mol. The molecule has 0 aliphatic carbocycles. The van der Waals surface area contributed by atoms with Gasteiger partial charge in [0.05, 0.1) is 7.11 Å². The van der Waals surface area contributed by atoms with E-state index in [0.717, 1.165) is 11.1 Å². The van der Waals surface area contributed by atoms with Gasteiger partial charge in [0.25, 0.3) is 0 Å². The highest BCUT2D eigenvalue weighted by Crippen LogP contribution is 2.17. The van der Waals surface area contributed by atoms with Crippen LogP contribution in [0.5, 0.6) is 5.75 Å². The van der Waals surface area contributed by atoms with Crippen molar-refractivity contribution in [2.24, 2.45) is 0 Å². The molecule has 0 bridgehead atoms. The van der Waals surface area contributed by atoms with E-state index in [1.165, 1.54) is 0 Å². The second-order valence-corrected chi connectivity index (χ2v) is 2.66. The first kappa shape index (κ1) is 9.03. The van der Waals surface area contributed by atoms with Crippen LogP contribution in [0.3, 0.4) is 0 Å². The van der Waals surface area contributed by atoms with Gasteiger partial charge < -0.3 is 9.94 Å². The number of aryl methyl sites for hydroxylation is 1. The Bertz CT molecular complexity index is 261. The molecule has 0 amide bonds. The first-order chi connectivity index (χ1) is 5.74. The molecule has 0 fully saturated rings. The molecule has 0 spiro atoms. The lowest BCUT2D eigenvalue weighted by atomic mass is 10.1. The van der Waals surface area contributed by atoms with E-state index in [2.05, 4.69) is 10.3 Å². The fourth-order valence-electron chi connectivity index (χ4n) is 1.01. The molecule has 0 heterocycles. The highest BCUT2D eigenvalue weighted by Gasteiger charge is 1.99. The van der Waals surface area contributed by atoms with Gasteiger partial charge in [0.2, 0.25) is 0 Å². The Morgan fingerprint density at radius 3 is 2.92 bits per heavy atom. The third-order valence-corrected chi connectivity index (χ3v) is 1.64. The lowest BCUT2D eigenvalue weighted by Gasteiger charge is -2.05. The molecule has 0 atom stereocenters. The number of phenols is 1. The summed E-state index contributed by atoms with van der Waals surface area (Å²) in [5, 5.41) is 9.37. The average molecular weight is 167 g/mol. The standard InChI is InChI=1S/C9H13NO2/c1-7-3-4-9(11)8(5-7)6-10-12-2/h3-5,10-11H,6H2,1-2H3. The summed E-state index contributed by atoms with van der Waals surface area (Å²) in [6.07, 6.45) is 0. The van der Waals surface area contributed by atoms with Gasteiger partial charge in [0.15, 0.2) is 0 Å². The van der Waals surface area contributed by atoms with Crippen molar-refractivity contribution in [3.8, 4) is 5.75 Å². The van der Waals surface area contributed by atoms with Crippen LogP contribution in [0.4, 0.5) is 0 Å². The maximum absolute atomic E-state index is 9.37. The number of hydrogen-bond acceptors (Lipinski definition) is 3. The van der Waals surface area contributed by atoms with E-state index < -0.39 is 0 Å². The Hall–Kier alpha value is -1.06. The number of nitrogens with one attached hydrogen (secondary N) is 1. The van der Waals surface area contributed by atoms with E-state index >= 15 is 0 Å². The van der Waals surface area contributed by atoms with Gasteiger partial charge in [0, 0.05) is 12.1 Å². The Kier molecular flexibility index (Phi) is 3.08. The minimum Gasteiger partial charge on any atom is -0.508 e. The number of rotatable bonds is 3. The van der Waals surface area contributed by atoms with E-state index in [4.69, 9.17) is 0 Å². The lowest BCUT2D eigenvalue weighted by molar-refractivity contribution is 0.0861. The molecule has 3 nitrogen and oxygen atoms in total. The van der Waals surface area contributed by atoms with Gasteiger partial charge in [-0.1, -0.05) is 17.7 Å². The summed E-state index contributed by atoms with van der Waals surface area (Å²) in [5.41, 5.74) is 4.64. The predicted octanol–water partition coefficient (Wildman–Crippen LogP) is 1.35. The largest absolute Gasteiger partial charge is 0.508 e. The third kappa shape index (κ3) is 2.22. The van der Waals surface area contributed by atoms with Gasteiger partial charge in [-0.25, -0.2) is 0 Å². The van der Waals surface area contributed by atoms with Crippen LogP contribution in [-0.2, 0) is 11.4 Å². The van der Waals surface area contributed by atoms with Crippen molar-refractivity contribution in [3.63, 3.8) is 0 Å². The lowest BCUT2D eigenvalue weighted by Crippen LogP contribution is -2.10. The molecule has 3 heteroatoms. The quantitative estimate of drug-likeness (QED) is 0.668. The first-order valence-electron chi connectivity index (χ1n) is 3.78. The number of benzene rings is 1. The molecule has 66 valence electrons. The zero-order valence-electron chi connectivity index (χ0n) is 7.29. The smallest absolute Gasteiger partial charge is 0.120 e. The van der Waals surface area contributed by atoms with Crippen molar-refractivity contribution in [1.29, 1.82) is 0 Å². The second kappa shape index (κ2) is 4.09. The summed E-state index contributed by atoms with van der Waals surface area (Å²) < 4.78 is 0. The number of hydrogen-bond donors (Lipinski definition) is 2. The summed E-state index contributed by atoms with van der Waals surface area (Å²) >= 11 is 0. The Labute approximate surface area is 71.9 Å². The fraction of sp³-hybridized carbons (Fsp3) is 0.333. The molecule has 1 aromatic carbocycles. The average Bonchev–Trinajstić information content (AvgIpc) is 2.07. The van der Waals surface area contributed by atoms with Crippen molar-refractivity contribution in [3.05, 3.63) is 29.3 Å². The van der Waals surface area contributed by atoms with Crippen LogP contribution in [0.2, 0.25) is 0 Å². The molecule has 0 unspecified atom stereocenters. The minimum absolute atomic E-state index is 0.296. The number of aromatic hydroxyl groups is 1. The molecule has 1 aromatic rings. The van der Waals surface area contributed by atoms with Crippen LogP contribution in [0.1, 0.15) is 11.1 Å². The topological polar surface area (TPSA) is 41.5 Å². The van der Waals surface area contributed by atoms with E-state index in [9.17, 15) is 5.11 Å². The molecule has 0 saturated heterocycles. The molecule has 0 aliphatic heterocycles. The van der Waals surface area contributed by atoms with Crippen LogP contribution in [0.25, 0.3) is 0 Å².